The number of methoxy groups -OCH3 is 1. The Morgan fingerprint density at radius 3 is 2.59 bits per heavy atom. The van der Waals surface area contributed by atoms with Gasteiger partial charge in [0.25, 0.3) is 5.91 Å². The van der Waals surface area contributed by atoms with Crippen LogP contribution in [0.15, 0.2) is 36.4 Å². The molecule has 0 saturated carbocycles. The van der Waals surface area contributed by atoms with Crippen molar-refractivity contribution in [2.24, 2.45) is 0 Å². The number of carbonyl (C=O) groups excluding carboxylic acids is 1. The summed E-state index contributed by atoms with van der Waals surface area (Å²) < 4.78 is 4.90. The van der Waals surface area contributed by atoms with Crippen molar-refractivity contribution in [3.63, 3.8) is 0 Å². The van der Waals surface area contributed by atoms with Crippen molar-refractivity contribution in [3.05, 3.63) is 57.6 Å². The number of hydrogen-bond acceptors (Lipinski definition) is 5. The Labute approximate surface area is 126 Å². The number of nitrogens with two attached hydrogens (primary N) is 1. The number of nitro benzene ring substituents is 1. The number of hydrogen-bond donors (Lipinski definition) is 2. The first-order chi connectivity index (χ1) is 10.4. The number of nitrogens with one attached hydrogen (secondary N) is 1. The van der Waals surface area contributed by atoms with E-state index in [0.29, 0.717) is 11.4 Å². The van der Waals surface area contributed by atoms with Crippen LogP contribution in [0, 0.1) is 17.0 Å². The van der Waals surface area contributed by atoms with E-state index in [0.717, 1.165) is 5.56 Å². The second-order valence-corrected chi connectivity index (χ2v) is 4.69. The molecular weight excluding hydrogens is 286 g/mol. The SMILES string of the molecule is COc1ccc(C(=O)Nc2ccc(C)cc2N)cc1[N+](=O)[O-]. The van der Waals surface area contributed by atoms with Gasteiger partial charge in [-0.15, -0.1) is 0 Å². The number of nitrogen functional groups attached to an aromatic ring is 1. The highest BCUT2D eigenvalue weighted by atomic mass is 16.6. The number of rotatable bonds is 4. The topological polar surface area (TPSA) is 107 Å². The summed E-state index contributed by atoms with van der Waals surface area (Å²) >= 11 is 0. The Kier molecular flexibility index (Phi) is 4.26. The third kappa shape index (κ3) is 3.14. The van der Waals surface area contributed by atoms with E-state index in [-0.39, 0.29) is 17.0 Å². The van der Waals surface area contributed by atoms with Gasteiger partial charge < -0.3 is 15.8 Å². The van der Waals surface area contributed by atoms with Gasteiger partial charge in [0.1, 0.15) is 0 Å². The summed E-state index contributed by atoms with van der Waals surface area (Å²) in [5.41, 5.74) is 7.55. The van der Waals surface area contributed by atoms with Gasteiger partial charge in [0.2, 0.25) is 0 Å². The number of carbonyl (C=O) groups is 1. The summed E-state index contributed by atoms with van der Waals surface area (Å²) in [4.78, 5) is 22.6. The van der Waals surface area contributed by atoms with E-state index >= 15 is 0 Å². The molecule has 3 N–H and O–H groups in total. The van der Waals surface area contributed by atoms with Crippen molar-refractivity contribution in [2.45, 2.75) is 6.92 Å². The largest absolute Gasteiger partial charge is 0.490 e. The van der Waals surface area contributed by atoms with Crippen LogP contribution >= 0.6 is 0 Å². The number of anilines is 2. The zero-order chi connectivity index (χ0) is 16.3. The molecule has 0 fully saturated rings. The maximum atomic E-state index is 12.2. The molecule has 7 nitrogen and oxygen atoms in total. The molecule has 22 heavy (non-hydrogen) atoms. The molecule has 114 valence electrons. The molecule has 2 rings (SSSR count). The zero-order valence-electron chi connectivity index (χ0n) is 12.1. The van der Waals surface area contributed by atoms with Crippen LogP contribution < -0.4 is 15.8 Å². The van der Waals surface area contributed by atoms with Crippen LogP contribution in [0.1, 0.15) is 15.9 Å². The van der Waals surface area contributed by atoms with Crippen molar-refractivity contribution in [2.75, 3.05) is 18.2 Å². The summed E-state index contributed by atoms with van der Waals surface area (Å²) in [5.74, 6) is -0.391. The molecule has 0 heterocycles. The van der Waals surface area contributed by atoms with Gasteiger partial charge in [0, 0.05) is 11.6 Å². The van der Waals surface area contributed by atoms with Crippen molar-refractivity contribution in [1.82, 2.24) is 0 Å². The Morgan fingerprint density at radius 2 is 2.00 bits per heavy atom. The van der Waals surface area contributed by atoms with Gasteiger partial charge in [-0.1, -0.05) is 6.07 Å². The van der Waals surface area contributed by atoms with E-state index in [1.165, 1.54) is 25.3 Å². The molecule has 0 bridgehead atoms. The number of nitro groups is 1. The molecule has 0 unspecified atom stereocenters. The highest BCUT2D eigenvalue weighted by molar-refractivity contribution is 6.06. The molecule has 1 amide bonds. The van der Waals surface area contributed by atoms with E-state index in [1.807, 2.05) is 13.0 Å². The molecule has 0 atom stereocenters. The fraction of sp³-hybridized carbons (Fsp3) is 0.133. The van der Waals surface area contributed by atoms with Crippen LogP contribution in [0.3, 0.4) is 0 Å². The predicted molar refractivity (Wildman–Crippen MR) is 83.2 cm³/mol. The molecule has 0 aliphatic carbocycles. The van der Waals surface area contributed by atoms with Crippen LogP contribution in [0.25, 0.3) is 0 Å². The van der Waals surface area contributed by atoms with Gasteiger partial charge in [0.05, 0.1) is 23.4 Å². The molecule has 0 radical (unpaired) electrons. The summed E-state index contributed by atoms with van der Waals surface area (Å²) in [5, 5.41) is 13.6. The number of nitrogens with zero attached hydrogens (tertiary/aromatic N) is 1. The van der Waals surface area contributed by atoms with Crippen LogP contribution in [-0.4, -0.2) is 17.9 Å². The van der Waals surface area contributed by atoms with E-state index in [9.17, 15) is 14.9 Å². The molecule has 2 aromatic carbocycles. The monoisotopic (exact) mass is 301 g/mol. The van der Waals surface area contributed by atoms with Gasteiger partial charge in [0.15, 0.2) is 5.75 Å². The molecule has 0 aliphatic rings. The Hall–Kier alpha value is -3.09. The fourth-order valence-electron chi connectivity index (χ4n) is 1.96. The average Bonchev–Trinajstić information content (AvgIpc) is 2.49. The summed E-state index contributed by atoms with van der Waals surface area (Å²) in [7, 11) is 1.33. The number of benzene rings is 2. The van der Waals surface area contributed by atoms with E-state index < -0.39 is 10.8 Å². The van der Waals surface area contributed by atoms with Gasteiger partial charge in [-0.2, -0.15) is 0 Å². The normalized spacial score (nSPS) is 10.1. The third-order valence-electron chi connectivity index (χ3n) is 3.09. The van der Waals surface area contributed by atoms with Crippen LogP contribution in [0.2, 0.25) is 0 Å². The lowest BCUT2D eigenvalue weighted by Crippen LogP contribution is -2.13. The predicted octanol–water partition coefficient (Wildman–Crippen LogP) is 2.75. The number of aryl methyl sites for hydroxylation is 1. The Bertz CT molecular complexity index is 744. The molecule has 0 aromatic heterocycles. The van der Waals surface area contributed by atoms with Crippen LogP contribution in [0.4, 0.5) is 17.1 Å². The zero-order valence-corrected chi connectivity index (χ0v) is 12.1. The molecule has 7 heteroatoms. The third-order valence-corrected chi connectivity index (χ3v) is 3.09. The lowest BCUT2D eigenvalue weighted by Gasteiger charge is -2.09. The first-order valence-corrected chi connectivity index (χ1v) is 6.42. The second-order valence-electron chi connectivity index (χ2n) is 4.69. The highest BCUT2D eigenvalue weighted by Gasteiger charge is 2.18. The minimum Gasteiger partial charge on any atom is -0.490 e. The van der Waals surface area contributed by atoms with Gasteiger partial charge in [-0.05, 0) is 36.8 Å². The number of ether oxygens (including phenoxy) is 1. The summed E-state index contributed by atoms with van der Waals surface area (Å²) in [6.45, 7) is 1.88. The molecule has 0 aliphatic heterocycles. The highest BCUT2D eigenvalue weighted by Crippen LogP contribution is 2.28. The summed E-state index contributed by atoms with van der Waals surface area (Å²) in [6.07, 6.45) is 0. The van der Waals surface area contributed by atoms with Crippen molar-refractivity contribution in [3.8, 4) is 5.75 Å². The van der Waals surface area contributed by atoms with Gasteiger partial charge >= 0.3 is 5.69 Å². The lowest BCUT2D eigenvalue weighted by molar-refractivity contribution is -0.385. The number of amides is 1. The smallest absolute Gasteiger partial charge is 0.311 e. The van der Waals surface area contributed by atoms with Crippen LogP contribution in [-0.2, 0) is 0 Å². The van der Waals surface area contributed by atoms with Gasteiger partial charge in [-0.3, -0.25) is 14.9 Å². The van der Waals surface area contributed by atoms with Crippen molar-refractivity contribution in [1.29, 1.82) is 0 Å². The Balaban J connectivity index is 2.30. The van der Waals surface area contributed by atoms with Gasteiger partial charge in [-0.25, -0.2) is 0 Å². The minimum absolute atomic E-state index is 0.0939. The maximum absolute atomic E-state index is 12.2. The van der Waals surface area contributed by atoms with E-state index in [2.05, 4.69) is 5.32 Å². The van der Waals surface area contributed by atoms with Crippen molar-refractivity contribution >= 4 is 23.0 Å². The first kappa shape index (κ1) is 15.3. The Morgan fingerprint density at radius 1 is 1.27 bits per heavy atom. The molecular formula is C15H15N3O4. The molecule has 2 aromatic rings. The first-order valence-electron chi connectivity index (χ1n) is 6.42. The van der Waals surface area contributed by atoms with E-state index in [1.54, 1.807) is 12.1 Å². The lowest BCUT2D eigenvalue weighted by atomic mass is 10.1. The quantitative estimate of drug-likeness (QED) is 0.513. The summed E-state index contributed by atoms with van der Waals surface area (Å²) in [6, 6.07) is 9.21. The second kappa shape index (κ2) is 6.13. The van der Waals surface area contributed by atoms with Crippen molar-refractivity contribution < 1.29 is 14.5 Å². The molecule has 0 saturated heterocycles. The maximum Gasteiger partial charge on any atom is 0.311 e. The minimum atomic E-state index is -0.601. The van der Waals surface area contributed by atoms with Crippen LogP contribution in [0.5, 0.6) is 5.75 Å². The average molecular weight is 301 g/mol. The standard InChI is InChI=1S/C15H15N3O4/c1-9-3-5-12(11(16)7-9)17-15(19)10-4-6-14(22-2)13(8-10)18(20)21/h3-8H,16H2,1-2H3,(H,17,19). The van der Waals surface area contributed by atoms with E-state index in [4.69, 9.17) is 10.5 Å². The fourth-order valence-corrected chi connectivity index (χ4v) is 1.96. The molecule has 0 spiro atoms.